The van der Waals surface area contributed by atoms with E-state index in [1.807, 2.05) is 0 Å². The van der Waals surface area contributed by atoms with Gasteiger partial charge < -0.3 is 5.73 Å². The van der Waals surface area contributed by atoms with Crippen LogP contribution in [0.2, 0.25) is 0 Å². The SMILES string of the molecule is CCCCC(CC)C(N)c1cc(F)cc(F)c1. The molecule has 0 heterocycles. The standard InChI is InChI=1S/C14H21F2N/c1-3-5-6-10(4-2)14(17)11-7-12(15)9-13(16)8-11/h7-10,14H,3-6,17H2,1-2H3. The van der Waals surface area contributed by atoms with Crippen LogP contribution >= 0.6 is 0 Å². The number of unbranched alkanes of at least 4 members (excludes halogenated alkanes) is 1. The minimum Gasteiger partial charge on any atom is -0.324 e. The second-order valence-corrected chi connectivity index (χ2v) is 4.54. The Bertz CT molecular complexity index is 332. The Kier molecular flexibility index (Phi) is 5.56. The number of benzene rings is 1. The maximum absolute atomic E-state index is 13.1. The highest BCUT2D eigenvalue weighted by atomic mass is 19.1. The molecule has 0 aliphatic rings. The fourth-order valence-electron chi connectivity index (χ4n) is 2.14. The van der Waals surface area contributed by atoms with E-state index in [0.29, 0.717) is 5.56 Å². The maximum atomic E-state index is 13.1. The molecule has 1 aromatic rings. The van der Waals surface area contributed by atoms with E-state index in [0.717, 1.165) is 31.7 Å². The van der Waals surface area contributed by atoms with E-state index in [4.69, 9.17) is 5.73 Å². The van der Waals surface area contributed by atoms with Crippen molar-refractivity contribution < 1.29 is 8.78 Å². The molecule has 1 rings (SSSR count). The molecule has 0 aromatic heterocycles. The average molecular weight is 241 g/mol. The van der Waals surface area contributed by atoms with Gasteiger partial charge in [-0.25, -0.2) is 8.78 Å². The van der Waals surface area contributed by atoms with Crippen molar-refractivity contribution in [2.75, 3.05) is 0 Å². The summed E-state index contributed by atoms with van der Waals surface area (Å²) >= 11 is 0. The molecule has 0 amide bonds. The number of hydrogen-bond acceptors (Lipinski definition) is 1. The second-order valence-electron chi connectivity index (χ2n) is 4.54. The lowest BCUT2D eigenvalue weighted by molar-refractivity contribution is 0.376. The number of nitrogens with two attached hydrogens (primary N) is 1. The van der Waals surface area contributed by atoms with E-state index in [9.17, 15) is 8.78 Å². The zero-order valence-electron chi connectivity index (χ0n) is 10.5. The van der Waals surface area contributed by atoms with Crippen molar-refractivity contribution in [3.63, 3.8) is 0 Å². The van der Waals surface area contributed by atoms with Crippen molar-refractivity contribution >= 4 is 0 Å². The third-order valence-electron chi connectivity index (χ3n) is 3.23. The van der Waals surface area contributed by atoms with Gasteiger partial charge in [0, 0.05) is 12.1 Å². The van der Waals surface area contributed by atoms with Crippen LogP contribution in [0.1, 0.15) is 51.1 Å². The molecule has 96 valence electrons. The molecule has 2 atom stereocenters. The van der Waals surface area contributed by atoms with Crippen molar-refractivity contribution in [3.8, 4) is 0 Å². The zero-order valence-corrected chi connectivity index (χ0v) is 10.5. The van der Waals surface area contributed by atoms with E-state index in [2.05, 4.69) is 13.8 Å². The lowest BCUT2D eigenvalue weighted by Crippen LogP contribution is -2.21. The van der Waals surface area contributed by atoms with Gasteiger partial charge in [-0.1, -0.05) is 33.1 Å². The molecule has 2 N–H and O–H groups in total. The highest BCUT2D eigenvalue weighted by Crippen LogP contribution is 2.27. The van der Waals surface area contributed by atoms with E-state index in [1.165, 1.54) is 12.1 Å². The molecule has 0 fully saturated rings. The van der Waals surface area contributed by atoms with Crippen LogP contribution in [0.4, 0.5) is 8.78 Å². The van der Waals surface area contributed by atoms with Crippen LogP contribution < -0.4 is 5.73 Å². The first kappa shape index (κ1) is 14.1. The first-order valence-electron chi connectivity index (χ1n) is 6.30. The van der Waals surface area contributed by atoms with Crippen molar-refractivity contribution in [2.24, 2.45) is 11.7 Å². The Labute approximate surface area is 102 Å². The van der Waals surface area contributed by atoms with Crippen molar-refractivity contribution in [1.29, 1.82) is 0 Å². The lowest BCUT2D eigenvalue weighted by Gasteiger charge is -2.23. The van der Waals surface area contributed by atoms with Crippen molar-refractivity contribution in [3.05, 3.63) is 35.4 Å². The van der Waals surface area contributed by atoms with Gasteiger partial charge in [0.1, 0.15) is 11.6 Å². The molecule has 0 saturated carbocycles. The molecule has 17 heavy (non-hydrogen) atoms. The maximum Gasteiger partial charge on any atom is 0.126 e. The highest BCUT2D eigenvalue weighted by molar-refractivity contribution is 5.21. The van der Waals surface area contributed by atoms with Crippen LogP contribution in [0.3, 0.4) is 0 Å². The van der Waals surface area contributed by atoms with Crippen LogP contribution in [-0.2, 0) is 0 Å². The van der Waals surface area contributed by atoms with Gasteiger partial charge in [-0.15, -0.1) is 0 Å². The van der Waals surface area contributed by atoms with Gasteiger partial charge in [0.2, 0.25) is 0 Å². The molecule has 0 saturated heterocycles. The van der Waals surface area contributed by atoms with Crippen LogP contribution in [0.25, 0.3) is 0 Å². The first-order chi connectivity index (χ1) is 8.08. The van der Waals surface area contributed by atoms with Crippen LogP contribution in [0.15, 0.2) is 18.2 Å². The molecular formula is C14H21F2N. The molecule has 3 heteroatoms. The summed E-state index contributed by atoms with van der Waals surface area (Å²) in [6, 6.07) is 3.27. The van der Waals surface area contributed by atoms with Crippen molar-refractivity contribution in [2.45, 2.75) is 45.6 Å². The van der Waals surface area contributed by atoms with E-state index in [1.54, 1.807) is 0 Å². The number of rotatable bonds is 6. The zero-order chi connectivity index (χ0) is 12.8. The Morgan fingerprint density at radius 3 is 2.18 bits per heavy atom. The third kappa shape index (κ3) is 4.08. The molecule has 0 aliphatic carbocycles. The smallest absolute Gasteiger partial charge is 0.126 e. The van der Waals surface area contributed by atoms with E-state index < -0.39 is 11.6 Å². The van der Waals surface area contributed by atoms with Crippen molar-refractivity contribution in [1.82, 2.24) is 0 Å². The summed E-state index contributed by atoms with van der Waals surface area (Å²) in [4.78, 5) is 0. The predicted octanol–water partition coefficient (Wildman–Crippen LogP) is 4.18. The predicted molar refractivity (Wildman–Crippen MR) is 66.6 cm³/mol. The van der Waals surface area contributed by atoms with Crippen LogP contribution in [0.5, 0.6) is 0 Å². The topological polar surface area (TPSA) is 26.0 Å². The second kappa shape index (κ2) is 6.70. The molecule has 0 aliphatic heterocycles. The van der Waals surface area contributed by atoms with E-state index >= 15 is 0 Å². The first-order valence-corrected chi connectivity index (χ1v) is 6.30. The summed E-state index contributed by atoms with van der Waals surface area (Å²) in [5, 5.41) is 0. The monoisotopic (exact) mass is 241 g/mol. The Hall–Kier alpha value is -0.960. The summed E-state index contributed by atoms with van der Waals surface area (Å²) in [7, 11) is 0. The van der Waals surface area contributed by atoms with Gasteiger partial charge in [0.15, 0.2) is 0 Å². The fourth-order valence-corrected chi connectivity index (χ4v) is 2.14. The molecule has 0 radical (unpaired) electrons. The molecular weight excluding hydrogens is 220 g/mol. The van der Waals surface area contributed by atoms with Gasteiger partial charge in [-0.3, -0.25) is 0 Å². The summed E-state index contributed by atoms with van der Waals surface area (Å²) < 4.78 is 26.2. The van der Waals surface area contributed by atoms with Gasteiger partial charge in [-0.2, -0.15) is 0 Å². The quantitative estimate of drug-likeness (QED) is 0.794. The van der Waals surface area contributed by atoms with Gasteiger partial charge in [-0.05, 0) is 30.0 Å². The summed E-state index contributed by atoms with van der Waals surface area (Å²) in [6.07, 6.45) is 4.15. The van der Waals surface area contributed by atoms with E-state index in [-0.39, 0.29) is 12.0 Å². The molecule has 1 aromatic carbocycles. The van der Waals surface area contributed by atoms with Crippen LogP contribution in [0, 0.1) is 17.6 Å². The fraction of sp³-hybridized carbons (Fsp3) is 0.571. The largest absolute Gasteiger partial charge is 0.324 e. The number of hydrogen-bond donors (Lipinski definition) is 1. The van der Waals surface area contributed by atoms with Gasteiger partial charge in [0.05, 0.1) is 0 Å². The minimum atomic E-state index is -0.555. The van der Waals surface area contributed by atoms with Gasteiger partial charge >= 0.3 is 0 Å². The molecule has 1 nitrogen and oxygen atoms in total. The Morgan fingerprint density at radius 2 is 1.71 bits per heavy atom. The normalized spacial score (nSPS) is 14.6. The number of halogens is 2. The lowest BCUT2D eigenvalue weighted by atomic mass is 9.87. The average Bonchev–Trinajstić information content (AvgIpc) is 2.28. The third-order valence-corrected chi connectivity index (χ3v) is 3.23. The van der Waals surface area contributed by atoms with Crippen LogP contribution in [-0.4, -0.2) is 0 Å². The summed E-state index contributed by atoms with van der Waals surface area (Å²) in [6.45, 7) is 4.19. The highest BCUT2D eigenvalue weighted by Gasteiger charge is 2.18. The Morgan fingerprint density at radius 1 is 1.12 bits per heavy atom. The van der Waals surface area contributed by atoms with Gasteiger partial charge in [0.25, 0.3) is 0 Å². The summed E-state index contributed by atoms with van der Waals surface area (Å²) in [5.74, 6) is -0.822. The summed E-state index contributed by atoms with van der Waals surface area (Å²) in [5.41, 5.74) is 6.66. The molecule has 2 unspecified atom stereocenters. The molecule has 0 bridgehead atoms. The molecule has 0 spiro atoms. The minimum absolute atomic E-state index is 0.281. The Balaban J connectivity index is 2.81.